The van der Waals surface area contributed by atoms with Crippen LogP contribution in [0.15, 0.2) is 40.2 Å². The zero-order chi connectivity index (χ0) is 14.6. The van der Waals surface area contributed by atoms with Crippen molar-refractivity contribution in [1.29, 1.82) is 0 Å². The minimum absolute atomic E-state index is 0.0865. The summed E-state index contributed by atoms with van der Waals surface area (Å²) in [5, 5.41) is 0.242. The lowest BCUT2D eigenvalue weighted by Crippen LogP contribution is -2.26. The number of hydrogen-bond donors (Lipinski definition) is 1. The molecule has 2 rings (SSSR count). The Labute approximate surface area is 121 Å². The summed E-state index contributed by atoms with van der Waals surface area (Å²) in [7, 11) is -2.15. The van der Waals surface area contributed by atoms with Crippen LogP contribution in [-0.2, 0) is 16.4 Å². The standard InChI is InChI=1S/C12H13ClN2O4S/c1-18-12-3-2-10(6-11(12)13)20(16,17)15-5-4-9-7-19-8-14-9/h2-3,6-8,15H,4-5H2,1H3. The molecule has 0 aliphatic rings. The van der Waals surface area contributed by atoms with Gasteiger partial charge in [0.1, 0.15) is 12.0 Å². The summed E-state index contributed by atoms with van der Waals surface area (Å²) in [6, 6.07) is 4.29. The summed E-state index contributed by atoms with van der Waals surface area (Å²) in [5.74, 6) is 0.424. The Morgan fingerprint density at radius 2 is 2.25 bits per heavy atom. The summed E-state index contributed by atoms with van der Waals surface area (Å²) in [6.07, 6.45) is 3.21. The van der Waals surface area contributed by atoms with Crippen LogP contribution in [0.4, 0.5) is 0 Å². The van der Waals surface area contributed by atoms with E-state index in [0.717, 1.165) is 0 Å². The van der Waals surface area contributed by atoms with Gasteiger partial charge in [0.05, 0.1) is 22.7 Å². The highest BCUT2D eigenvalue weighted by Crippen LogP contribution is 2.26. The Morgan fingerprint density at radius 3 is 2.85 bits per heavy atom. The van der Waals surface area contributed by atoms with Crippen molar-refractivity contribution in [1.82, 2.24) is 9.71 Å². The number of halogens is 1. The fraction of sp³-hybridized carbons (Fsp3) is 0.250. The van der Waals surface area contributed by atoms with Crippen molar-refractivity contribution in [3.8, 4) is 5.75 Å². The van der Waals surface area contributed by atoms with Gasteiger partial charge in [0, 0.05) is 13.0 Å². The summed E-state index contributed by atoms with van der Waals surface area (Å²) in [5.41, 5.74) is 0.681. The highest BCUT2D eigenvalue weighted by Gasteiger charge is 2.15. The van der Waals surface area contributed by atoms with Gasteiger partial charge in [0.2, 0.25) is 10.0 Å². The van der Waals surface area contributed by atoms with E-state index in [0.29, 0.717) is 17.9 Å². The molecule has 0 saturated heterocycles. The molecule has 0 spiro atoms. The highest BCUT2D eigenvalue weighted by atomic mass is 35.5. The summed E-state index contributed by atoms with van der Waals surface area (Å²) in [4.78, 5) is 3.99. The molecule has 20 heavy (non-hydrogen) atoms. The molecule has 0 radical (unpaired) electrons. The Kier molecular flexibility index (Phi) is 4.64. The highest BCUT2D eigenvalue weighted by molar-refractivity contribution is 7.89. The maximum atomic E-state index is 12.1. The van der Waals surface area contributed by atoms with Gasteiger partial charge in [-0.1, -0.05) is 11.6 Å². The molecule has 108 valence electrons. The van der Waals surface area contributed by atoms with Crippen molar-refractivity contribution in [3.63, 3.8) is 0 Å². The number of hydrogen-bond acceptors (Lipinski definition) is 5. The Bertz CT molecular complexity index is 671. The van der Waals surface area contributed by atoms with Gasteiger partial charge < -0.3 is 9.15 Å². The molecule has 0 amide bonds. The van der Waals surface area contributed by atoms with Crippen molar-refractivity contribution in [2.75, 3.05) is 13.7 Å². The molecule has 1 aromatic heterocycles. The van der Waals surface area contributed by atoms with Crippen LogP contribution in [0, 0.1) is 0 Å². The molecule has 8 heteroatoms. The molecule has 6 nitrogen and oxygen atoms in total. The first-order valence-electron chi connectivity index (χ1n) is 5.73. The number of aromatic nitrogens is 1. The Hall–Kier alpha value is -1.57. The van der Waals surface area contributed by atoms with Gasteiger partial charge in [-0.05, 0) is 18.2 Å². The number of nitrogens with zero attached hydrogens (tertiary/aromatic N) is 1. The first-order valence-corrected chi connectivity index (χ1v) is 7.59. The molecule has 1 N–H and O–H groups in total. The van der Waals surface area contributed by atoms with Crippen LogP contribution in [0.2, 0.25) is 5.02 Å². The van der Waals surface area contributed by atoms with Crippen LogP contribution >= 0.6 is 11.6 Å². The van der Waals surface area contributed by atoms with Crippen molar-refractivity contribution in [2.24, 2.45) is 0 Å². The second kappa shape index (κ2) is 6.25. The minimum atomic E-state index is -3.61. The number of rotatable bonds is 6. The lowest BCUT2D eigenvalue weighted by Gasteiger charge is -2.08. The third kappa shape index (κ3) is 3.50. The number of nitrogens with one attached hydrogen (secondary N) is 1. The second-order valence-electron chi connectivity index (χ2n) is 3.92. The molecule has 0 saturated carbocycles. The average molecular weight is 317 g/mol. The van der Waals surface area contributed by atoms with E-state index in [1.165, 1.54) is 38.0 Å². The molecule has 0 atom stereocenters. The largest absolute Gasteiger partial charge is 0.495 e. The lowest BCUT2D eigenvalue weighted by atomic mass is 10.3. The fourth-order valence-corrected chi connectivity index (χ4v) is 2.95. The van der Waals surface area contributed by atoms with Crippen LogP contribution in [0.3, 0.4) is 0 Å². The monoisotopic (exact) mass is 316 g/mol. The summed E-state index contributed by atoms with van der Waals surface area (Å²) >= 11 is 5.91. The molecular formula is C12H13ClN2O4S. The summed E-state index contributed by atoms with van der Waals surface area (Å²) < 4.78 is 36.4. The fourth-order valence-electron chi connectivity index (χ4n) is 1.57. The normalized spacial score (nSPS) is 11.5. The molecule has 0 unspecified atom stereocenters. The topological polar surface area (TPSA) is 81.4 Å². The molecule has 1 heterocycles. The first-order chi connectivity index (χ1) is 9.53. The summed E-state index contributed by atoms with van der Waals surface area (Å²) in [6.45, 7) is 0.221. The predicted octanol–water partition coefficient (Wildman–Crippen LogP) is 1.86. The third-order valence-electron chi connectivity index (χ3n) is 2.59. The van der Waals surface area contributed by atoms with E-state index >= 15 is 0 Å². The zero-order valence-electron chi connectivity index (χ0n) is 10.7. The zero-order valence-corrected chi connectivity index (χ0v) is 12.2. The van der Waals surface area contributed by atoms with Gasteiger partial charge in [-0.25, -0.2) is 18.1 Å². The predicted molar refractivity (Wildman–Crippen MR) is 73.4 cm³/mol. The first kappa shape index (κ1) is 14.8. The van der Waals surface area contributed by atoms with Crippen LogP contribution in [0.5, 0.6) is 5.75 Å². The van der Waals surface area contributed by atoms with E-state index in [-0.39, 0.29) is 16.5 Å². The minimum Gasteiger partial charge on any atom is -0.495 e. The average Bonchev–Trinajstić information content (AvgIpc) is 2.91. The number of sulfonamides is 1. The SMILES string of the molecule is COc1ccc(S(=O)(=O)NCCc2cocn2)cc1Cl. The Balaban J connectivity index is 2.04. The van der Waals surface area contributed by atoms with Crippen LogP contribution in [-0.4, -0.2) is 27.1 Å². The molecule has 0 fully saturated rings. The lowest BCUT2D eigenvalue weighted by molar-refractivity contribution is 0.414. The smallest absolute Gasteiger partial charge is 0.240 e. The molecule has 0 bridgehead atoms. The van der Waals surface area contributed by atoms with Gasteiger partial charge in [0.25, 0.3) is 0 Å². The third-order valence-corrected chi connectivity index (χ3v) is 4.34. The van der Waals surface area contributed by atoms with Crippen LogP contribution in [0.25, 0.3) is 0 Å². The molecule has 2 aromatic rings. The van der Waals surface area contributed by atoms with Crippen molar-refractivity contribution in [3.05, 3.63) is 41.6 Å². The van der Waals surface area contributed by atoms with Gasteiger partial charge in [-0.3, -0.25) is 0 Å². The number of benzene rings is 1. The molecule has 1 aromatic carbocycles. The Morgan fingerprint density at radius 1 is 1.45 bits per heavy atom. The van der Waals surface area contributed by atoms with Gasteiger partial charge in [-0.2, -0.15) is 0 Å². The second-order valence-corrected chi connectivity index (χ2v) is 6.10. The number of ether oxygens (including phenoxy) is 1. The van der Waals surface area contributed by atoms with E-state index in [2.05, 4.69) is 9.71 Å². The van der Waals surface area contributed by atoms with Gasteiger partial charge in [0.15, 0.2) is 6.39 Å². The molecule has 0 aliphatic heterocycles. The van der Waals surface area contributed by atoms with Gasteiger partial charge >= 0.3 is 0 Å². The van der Waals surface area contributed by atoms with Crippen LogP contribution < -0.4 is 9.46 Å². The van der Waals surface area contributed by atoms with E-state index in [9.17, 15) is 8.42 Å². The maximum Gasteiger partial charge on any atom is 0.240 e. The molecular weight excluding hydrogens is 304 g/mol. The van der Waals surface area contributed by atoms with E-state index in [4.69, 9.17) is 20.8 Å². The quantitative estimate of drug-likeness (QED) is 0.879. The van der Waals surface area contributed by atoms with Crippen molar-refractivity contribution in [2.45, 2.75) is 11.3 Å². The number of methoxy groups -OCH3 is 1. The van der Waals surface area contributed by atoms with E-state index in [1.54, 1.807) is 0 Å². The maximum absolute atomic E-state index is 12.1. The number of oxazole rings is 1. The van der Waals surface area contributed by atoms with E-state index < -0.39 is 10.0 Å². The molecule has 0 aliphatic carbocycles. The van der Waals surface area contributed by atoms with Crippen molar-refractivity contribution >= 4 is 21.6 Å². The van der Waals surface area contributed by atoms with Crippen LogP contribution in [0.1, 0.15) is 5.69 Å². The van der Waals surface area contributed by atoms with Gasteiger partial charge in [-0.15, -0.1) is 0 Å². The van der Waals surface area contributed by atoms with Crippen molar-refractivity contribution < 1.29 is 17.6 Å². The van der Waals surface area contributed by atoms with E-state index in [1.807, 2.05) is 0 Å².